The Kier molecular flexibility index (Phi) is 5.99. The second kappa shape index (κ2) is 8.27. The predicted molar refractivity (Wildman–Crippen MR) is 108 cm³/mol. The van der Waals surface area contributed by atoms with E-state index in [4.69, 9.17) is 9.47 Å². The third kappa shape index (κ3) is 3.61. The Morgan fingerprint density at radius 3 is 2.54 bits per heavy atom. The molecule has 0 heterocycles. The Morgan fingerprint density at radius 1 is 1.25 bits per heavy atom. The van der Waals surface area contributed by atoms with Gasteiger partial charge in [0.1, 0.15) is 24.0 Å². The molecular weight excluding hydrogens is 358 g/mol. The van der Waals surface area contributed by atoms with Gasteiger partial charge in [-0.05, 0) is 72.7 Å². The first-order valence-corrected chi connectivity index (χ1v) is 9.41. The van der Waals surface area contributed by atoms with Crippen LogP contribution >= 0.6 is 0 Å². The lowest BCUT2D eigenvalue weighted by atomic mass is 9.75. The highest BCUT2D eigenvalue weighted by atomic mass is 19.1. The van der Waals surface area contributed by atoms with E-state index < -0.39 is 11.6 Å². The molecule has 148 valence electrons. The molecule has 0 amide bonds. The van der Waals surface area contributed by atoms with Crippen LogP contribution in [0.4, 0.5) is 8.78 Å². The summed E-state index contributed by atoms with van der Waals surface area (Å²) in [7, 11) is 1.69. The zero-order valence-electron chi connectivity index (χ0n) is 16.6. The van der Waals surface area contributed by atoms with Crippen molar-refractivity contribution in [1.82, 2.24) is 0 Å². The number of hydrogen-bond donors (Lipinski definition) is 0. The van der Waals surface area contributed by atoms with E-state index in [1.54, 1.807) is 13.2 Å². The number of halogens is 2. The van der Waals surface area contributed by atoms with E-state index in [0.29, 0.717) is 5.75 Å². The second-order valence-electron chi connectivity index (χ2n) is 7.28. The molecule has 2 atom stereocenters. The van der Waals surface area contributed by atoms with Crippen LogP contribution in [0.3, 0.4) is 0 Å². The maximum absolute atomic E-state index is 13.9. The fourth-order valence-corrected chi connectivity index (χ4v) is 4.12. The molecule has 2 nitrogen and oxygen atoms in total. The summed E-state index contributed by atoms with van der Waals surface area (Å²) in [5.74, 6) is -0.452. The van der Waals surface area contributed by atoms with Gasteiger partial charge in [0.05, 0.1) is 11.7 Å². The third-order valence-corrected chi connectivity index (χ3v) is 5.70. The fraction of sp³-hybridized carbons (Fsp3) is 0.333. The molecule has 0 aromatic heterocycles. The molecule has 0 N–H and O–H groups in total. The van der Waals surface area contributed by atoms with E-state index in [-0.39, 0.29) is 24.2 Å². The molecule has 0 radical (unpaired) electrons. The number of hydrogen-bond acceptors (Lipinski definition) is 2. The van der Waals surface area contributed by atoms with Crippen molar-refractivity contribution in [3.8, 4) is 5.75 Å². The summed E-state index contributed by atoms with van der Waals surface area (Å²) in [6, 6.07) is 5.76. The molecule has 0 unspecified atom stereocenters. The minimum Gasteiger partial charge on any atom is -0.488 e. The molecule has 0 saturated heterocycles. The van der Waals surface area contributed by atoms with Gasteiger partial charge in [0.2, 0.25) is 0 Å². The van der Waals surface area contributed by atoms with Gasteiger partial charge in [-0.3, -0.25) is 0 Å². The zero-order valence-corrected chi connectivity index (χ0v) is 16.6. The van der Waals surface area contributed by atoms with Crippen LogP contribution in [0.2, 0.25) is 0 Å². The summed E-state index contributed by atoms with van der Waals surface area (Å²) in [6.07, 6.45) is 3.49. The minimum atomic E-state index is -0.607. The summed E-state index contributed by atoms with van der Waals surface area (Å²) in [6.45, 7) is 11.8. The highest BCUT2D eigenvalue weighted by Gasteiger charge is 2.33. The third-order valence-electron chi connectivity index (χ3n) is 5.70. The number of rotatable bonds is 6. The highest BCUT2D eigenvalue weighted by Crippen LogP contribution is 2.45. The maximum Gasteiger partial charge on any atom is 0.132 e. The summed E-state index contributed by atoms with van der Waals surface area (Å²) in [5.41, 5.74) is 5.25. The number of benzene rings is 2. The Labute approximate surface area is 165 Å². The largest absolute Gasteiger partial charge is 0.488 e. The molecule has 28 heavy (non-hydrogen) atoms. The maximum atomic E-state index is 13.9. The fourth-order valence-electron chi connectivity index (χ4n) is 4.12. The molecule has 0 aliphatic heterocycles. The summed E-state index contributed by atoms with van der Waals surface area (Å²) >= 11 is 0. The van der Waals surface area contributed by atoms with Gasteiger partial charge in [0.15, 0.2) is 0 Å². The second-order valence-corrected chi connectivity index (χ2v) is 7.28. The zero-order chi connectivity index (χ0) is 20.4. The summed E-state index contributed by atoms with van der Waals surface area (Å²) in [4.78, 5) is 0. The Morgan fingerprint density at radius 2 is 1.93 bits per heavy atom. The molecule has 1 aliphatic carbocycles. The van der Waals surface area contributed by atoms with E-state index in [2.05, 4.69) is 13.2 Å². The van der Waals surface area contributed by atoms with E-state index in [1.807, 2.05) is 19.9 Å². The average Bonchev–Trinajstić information content (AvgIpc) is 2.69. The number of methoxy groups -OCH3 is 1. The monoisotopic (exact) mass is 384 g/mol. The lowest BCUT2D eigenvalue weighted by Gasteiger charge is -2.36. The van der Waals surface area contributed by atoms with Gasteiger partial charge in [-0.1, -0.05) is 25.3 Å². The molecular formula is C24H26F2O2. The van der Waals surface area contributed by atoms with Crippen molar-refractivity contribution in [2.24, 2.45) is 5.92 Å². The van der Waals surface area contributed by atoms with Crippen LogP contribution in [0.25, 0.3) is 0 Å². The average molecular weight is 384 g/mol. The molecule has 0 bridgehead atoms. The van der Waals surface area contributed by atoms with E-state index in [9.17, 15) is 8.78 Å². The smallest absolute Gasteiger partial charge is 0.132 e. The molecule has 2 aromatic rings. The topological polar surface area (TPSA) is 18.5 Å². The van der Waals surface area contributed by atoms with Gasteiger partial charge < -0.3 is 9.47 Å². The van der Waals surface area contributed by atoms with Crippen molar-refractivity contribution in [1.29, 1.82) is 0 Å². The van der Waals surface area contributed by atoms with Crippen LogP contribution in [0, 0.1) is 31.4 Å². The van der Waals surface area contributed by atoms with Crippen LogP contribution in [0.5, 0.6) is 5.75 Å². The molecule has 1 aliphatic rings. The number of fused-ring (bicyclic) bond motifs is 1. The first-order valence-electron chi connectivity index (χ1n) is 9.41. The van der Waals surface area contributed by atoms with Crippen molar-refractivity contribution >= 4 is 0 Å². The SMILES string of the molecule is C=CC(=C)[C@@H]1CCc2c(C)cc(OCc3c(F)cccc3F)c(C)c2[C@@H]1OC. The van der Waals surface area contributed by atoms with Crippen LogP contribution in [0.1, 0.15) is 40.3 Å². The van der Waals surface area contributed by atoms with Crippen LogP contribution in [-0.4, -0.2) is 7.11 Å². The van der Waals surface area contributed by atoms with Gasteiger partial charge in [0, 0.05) is 13.0 Å². The Balaban J connectivity index is 1.98. The number of allylic oxidation sites excluding steroid dienone is 1. The standard InChI is InChI=1S/C24H26F2O2/c1-6-14(2)18-11-10-17-15(3)12-22(16(4)23(17)24(18)27-5)28-13-19-20(25)8-7-9-21(19)26/h6-9,12,18,24H,1-2,10-11,13H2,3-5H3/t18-,24+/m0/s1. The first kappa shape index (κ1) is 20.3. The number of aryl methyl sites for hydroxylation is 1. The molecule has 0 saturated carbocycles. The van der Waals surface area contributed by atoms with Crippen molar-refractivity contribution in [2.75, 3.05) is 7.11 Å². The van der Waals surface area contributed by atoms with Crippen LogP contribution in [-0.2, 0) is 17.8 Å². The van der Waals surface area contributed by atoms with Gasteiger partial charge in [0.25, 0.3) is 0 Å². The lowest BCUT2D eigenvalue weighted by molar-refractivity contribution is 0.0548. The molecule has 3 rings (SSSR count). The molecule has 0 spiro atoms. The van der Waals surface area contributed by atoms with Crippen molar-refractivity contribution in [3.63, 3.8) is 0 Å². The predicted octanol–water partition coefficient (Wildman–Crippen LogP) is 6.15. The summed E-state index contributed by atoms with van der Waals surface area (Å²) in [5, 5.41) is 0. The van der Waals surface area contributed by atoms with Crippen molar-refractivity contribution in [2.45, 2.75) is 39.4 Å². The molecule has 0 fully saturated rings. The molecule has 4 heteroatoms. The van der Waals surface area contributed by atoms with Crippen molar-refractivity contribution < 1.29 is 18.3 Å². The summed E-state index contributed by atoms with van der Waals surface area (Å²) < 4.78 is 39.6. The van der Waals surface area contributed by atoms with E-state index in [0.717, 1.165) is 35.1 Å². The molecule has 2 aromatic carbocycles. The van der Waals surface area contributed by atoms with Gasteiger partial charge in [-0.25, -0.2) is 8.78 Å². The lowest BCUT2D eigenvalue weighted by Crippen LogP contribution is -2.25. The van der Waals surface area contributed by atoms with Gasteiger partial charge in [-0.2, -0.15) is 0 Å². The van der Waals surface area contributed by atoms with E-state index in [1.165, 1.54) is 23.8 Å². The number of ether oxygens (including phenoxy) is 2. The van der Waals surface area contributed by atoms with Crippen molar-refractivity contribution in [3.05, 3.63) is 88.5 Å². The van der Waals surface area contributed by atoms with Crippen LogP contribution in [0.15, 0.2) is 49.1 Å². The van der Waals surface area contributed by atoms with Gasteiger partial charge in [-0.15, -0.1) is 0 Å². The highest BCUT2D eigenvalue weighted by molar-refractivity contribution is 5.52. The normalized spacial score (nSPS) is 18.5. The van der Waals surface area contributed by atoms with Gasteiger partial charge >= 0.3 is 0 Å². The minimum absolute atomic E-state index is 0.0709. The Hall–Kier alpha value is -2.46. The van der Waals surface area contributed by atoms with E-state index >= 15 is 0 Å². The first-order chi connectivity index (χ1) is 13.4. The quantitative estimate of drug-likeness (QED) is 0.556. The Bertz CT molecular complexity index is 897. The van der Waals surface area contributed by atoms with Crippen LogP contribution < -0.4 is 4.74 Å².